The normalized spacial score (nSPS) is 17.7. The van der Waals surface area contributed by atoms with Gasteiger partial charge in [-0.05, 0) is 52.4 Å². The van der Waals surface area contributed by atoms with Crippen LogP contribution >= 0.6 is 0 Å². The molecule has 1 fully saturated rings. The fraction of sp³-hybridized carbons (Fsp3) is 0.600. The van der Waals surface area contributed by atoms with Crippen molar-refractivity contribution in [2.45, 2.75) is 31.7 Å². The number of anilines is 1. The summed E-state index contributed by atoms with van der Waals surface area (Å²) in [6, 6.07) is 3.68. The summed E-state index contributed by atoms with van der Waals surface area (Å²) in [5, 5.41) is 11.9. The van der Waals surface area contributed by atoms with Gasteiger partial charge in [-0.1, -0.05) is 5.16 Å². The van der Waals surface area contributed by atoms with E-state index in [9.17, 15) is 0 Å². The van der Waals surface area contributed by atoms with E-state index in [0.717, 1.165) is 18.1 Å². The minimum absolute atomic E-state index is 0.112. The first-order valence-electron chi connectivity index (χ1n) is 7.23. The van der Waals surface area contributed by atoms with Gasteiger partial charge in [-0.3, -0.25) is 0 Å². The van der Waals surface area contributed by atoms with Crippen molar-refractivity contribution < 1.29 is 5.21 Å². The first-order valence-corrected chi connectivity index (χ1v) is 7.23. The largest absolute Gasteiger partial charge is 0.409 e. The lowest BCUT2D eigenvalue weighted by molar-refractivity contribution is 0.0682. The third kappa shape index (κ3) is 3.10. The van der Waals surface area contributed by atoms with E-state index in [4.69, 9.17) is 10.9 Å². The molecule has 0 unspecified atom stereocenters. The number of aromatic nitrogens is 1. The molecular formula is C15H25N5O. The van der Waals surface area contributed by atoms with Crippen LogP contribution in [0, 0.1) is 6.92 Å². The SMILES string of the molecule is Cc1cc(/C(N)=N/O)cc(N(C)CC2(N(C)C)CCC2)n1. The zero-order valence-electron chi connectivity index (χ0n) is 13.3. The predicted molar refractivity (Wildman–Crippen MR) is 85.0 cm³/mol. The zero-order valence-corrected chi connectivity index (χ0v) is 13.3. The van der Waals surface area contributed by atoms with Gasteiger partial charge in [-0.15, -0.1) is 0 Å². The van der Waals surface area contributed by atoms with Crippen molar-refractivity contribution in [3.8, 4) is 0 Å². The molecule has 0 atom stereocenters. The molecule has 3 N–H and O–H groups in total. The molecule has 1 aliphatic rings. The van der Waals surface area contributed by atoms with Gasteiger partial charge in [0.05, 0.1) is 0 Å². The molecule has 116 valence electrons. The number of oxime groups is 1. The summed E-state index contributed by atoms with van der Waals surface area (Å²) in [6.45, 7) is 2.84. The zero-order chi connectivity index (χ0) is 15.6. The Balaban J connectivity index is 2.23. The molecule has 0 radical (unpaired) electrons. The van der Waals surface area contributed by atoms with E-state index in [0.29, 0.717) is 5.56 Å². The van der Waals surface area contributed by atoms with Crippen LogP contribution in [0.2, 0.25) is 0 Å². The standard InChI is InChI=1S/C15H25N5O/c1-11-8-12(14(16)18-21)9-13(17-11)20(4)10-15(19(2)3)6-5-7-15/h8-9,21H,5-7,10H2,1-4H3,(H2,16,18). The molecule has 6 nitrogen and oxygen atoms in total. The number of rotatable bonds is 5. The average Bonchev–Trinajstić information content (AvgIpc) is 2.40. The molecule has 21 heavy (non-hydrogen) atoms. The monoisotopic (exact) mass is 291 g/mol. The Morgan fingerprint density at radius 1 is 1.38 bits per heavy atom. The van der Waals surface area contributed by atoms with Crippen molar-refractivity contribution in [3.05, 3.63) is 23.4 Å². The fourth-order valence-corrected chi connectivity index (χ4v) is 2.91. The molecular weight excluding hydrogens is 266 g/mol. The number of amidine groups is 1. The van der Waals surface area contributed by atoms with Gasteiger partial charge in [0.2, 0.25) is 0 Å². The summed E-state index contributed by atoms with van der Waals surface area (Å²) in [5.41, 5.74) is 7.47. The molecule has 6 heteroatoms. The van der Waals surface area contributed by atoms with Crippen LogP contribution in [0.25, 0.3) is 0 Å². The first-order chi connectivity index (χ1) is 9.88. The molecule has 0 bridgehead atoms. The van der Waals surface area contributed by atoms with E-state index < -0.39 is 0 Å². The van der Waals surface area contributed by atoms with E-state index >= 15 is 0 Å². The molecule has 2 rings (SSSR count). The lowest BCUT2D eigenvalue weighted by Gasteiger charge is -2.49. The highest BCUT2D eigenvalue weighted by atomic mass is 16.4. The van der Waals surface area contributed by atoms with Gasteiger partial charge in [0.1, 0.15) is 5.82 Å². The lowest BCUT2D eigenvalue weighted by Crippen LogP contribution is -2.56. The quantitative estimate of drug-likeness (QED) is 0.371. The second kappa shape index (κ2) is 5.89. The van der Waals surface area contributed by atoms with Crippen molar-refractivity contribution in [1.82, 2.24) is 9.88 Å². The van der Waals surface area contributed by atoms with Crippen molar-refractivity contribution in [2.75, 3.05) is 32.6 Å². The number of likely N-dealkylation sites (N-methyl/N-ethyl adjacent to an activating group) is 2. The minimum atomic E-state index is 0.112. The highest BCUT2D eigenvalue weighted by molar-refractivity contribution is 5.97. The summed E-state index contributed by atoms with van der Waals surface area (Å²) in [5.74, 6) is 0.964. The average molecular weight is 291 g/mol. The Kier molecular flexibility index (Phi) is 4.37. The number of nitrogens with two attached hydrogens (primary N) is 1. The second-order valence-corrected chi connectivity index (χ2v) is 6.17. The molecule has 0 saturated heterocycles. The molecule has 1 aromatic rings. The van der Waals surface area contributed by atoms with Crippen LogP contribution < -0.4 is 10.6 Å². The van der Waals surface area contributed by atoms with E-state index in [1.165, 1.54) is 19.3 Å². The molecule has 1 saturated carbocycles. The smallest absolute Gasteiger partial charge is 0.170 e. The molecule has 0 aromatic carbocycles. The Bertz CT molecular complexity index is 537. The Labute approximate surface area is 126 Å². The lowest BCUT2D eigenvalue weighted by atomic mass is 9.75. The number of hydrogen-bond donors (Lipinski definition) is 2. The molecule has 1 heterocycles. The van der Waals surface area contributed by atoms with E-state index in [2.05, 4.69) is 34.0 Å². The van der Waals surface area contributed by atoms with Crippen molar-refractivity contribution >= 4 is 11.7 Å². The number of pyridine rings is 1. The number of aryl methyl sites for hydroxylation is 1. The number of nitrogens with zero attached hydrogens (tertiary/aromatic N) is 4. The van der Waals surface area contributed by atoms with Crippen LogP contribution in [0.1, 0.15) is 30.5 Å². The Morgan fingerprint density at radius 3 is 2.52 bits per heavy atom. The van der Waals surface area contributed by atoms with E-state index in [1.807, 2.05) is 26.1 Å². The molecule has 0 aliphatic heterocycles. The van der Waals surface area contributed by atoms with E-state index in [1.54, 1.807) is 0 Å². The summed E-state index contributed by atoms with van der Waals surface area (Å²) in [7, 11) is 6.32. The maximum atomic E-state index is 8.84. The predicted octanol–water partition coefficient (Wildman–Crippen LogP) is 1.41. The third-order valence-corrected chi connectivity index (χ3v) is 4.50. The maximum absolute atomic E-state index is 8.84. The first kappa shape index (κ1) is 15.6. The minimum Gasteiger partial charge on any atom is -0.409 e. The van der Waals surface area contributed by atoms with Crippen LogP contribution in [0.4, 0.5) is 5.82 Å². The van der Waals surface area contributed by atoms with Gasteiger partial charge in [0.25, 0.3) is 0 Å². The van der Waals surface area contributed by atoms with Gasteiger partial charge in [0.15, 0.2) is 5.84 Å². The van der Waals surface area contributed by atoms with Crippen LogP contribution in [0.15, 0.2) is 17.3 Å². The van der Waals surface area contributed by atoms with Crippen molar-refractivity contribution in [1.29, 1.82) is 0 Å². The summed E-state index contributed by atoms with van der Waals surface area (Å²) < 4.78 is 0. The van der Waals surface area contributed by atoms with Crippen molar-refractivity contribution in [3.63, 3.8) is 0 Å². The topological polar surface area (TPSA) is 78.0 Å². The van der Waals surface area contributed by atoms with Crippen LogP contribution in [-0.2, 0) is 0 Å². The summed E-state index contributed by atoms with van der Waals surface area (Å²) in [6.07, 6.45) is 3.70. The number of hydrogen-bond acceptors (Lipinski definition) is 5. The summed E-state index contributed by atoms with van der Waals surface area (Å²) in [4.78, 5) is 9.03. The molecule has 1 aromatic heterocycles. The second-order valence-electron chi connectivity index (χ2n) is 6.17. The van der Waals surface area contributed by atoms with Crippen LogP contribution in [-0.4, -0.2) is 54.2 Å². The Hall–Kier alpha value is -1.82. The molecule has 1 aliphatic carbocycles. The maximum Gasteiger partial charge on any atom is 0.170 e. The van der Waals surface area contributed by atoms with Gasteiger partial charge in [-0.25, -0.2) is 4.98 Å². The van der Waals surface area contributed by atoms with Crippen LogP contribution in [0.5, 0.6) is 0 Å². The Morgan fingerprint density at radius 2 is 2.05 bits per heavy atom. The van der Waals surface area contributed by atoms with Gasteiger partial charge in [0, 0.05) is 30.4 Å². The van der Waals surface area contributed by atoms with Crippen LogP contribution in [0.3, 0.4) is 0 Å². The molecule has 0 amide bonds. The van der Waals surface area contributed by atoms with Gasteiger partial charge in [-0.2, -0.15) is 0 Å². The van der Waals surface area contributed by atoms with Gasteiger partial charge >= 0.3 is 0 Å². The highest BCUT2D eigenvalue weighted by Gasteiger charge is 2.40. The highest BCUT2D eigenvalue weighted by Crippen LogP contribution is 2.37. The van der Waals surface area contributed by atoms with Gasteiger partial charge < -0.3 is 20.7 Å². The summed E-state index contributed by atoms with van der Waals surface area (Å²) >= 11 is 0. The van der Waals surface area contributed by atoms with Crippen molar-refractivity contribution in [2.24, 2.45) is 10.9 Å². The van der Waals surface area contributed by atoms with E-state index in [-0.39, 0.29) is 11.4 Å². The fourth-order valence-electron chi connectivity index (χ4n) is 2.91. The third-order valence-electron chi connectivity index (χ3n) is 4.50. The molecule has 0 spiro atoms.